The summed E-state index contributed by atoms with van der Waals surface area (Å²) < 4.78 is 2.19. The van der Waals surface area contributed by atoms with Crippen molar-refractivity contribution < 1.29 is 4.79 Å². The zero-order valence-electron chi connectivity index (χ0n) is 16.5. The molecule has 0 radical (unpaired) electrons. The Bertz CT molecular complexity index is 770. The Morgan fingerprint density at radius 3 is 2.50 bits per heavy atom. The number of piperidine rings is 1. The number of benzene rings is 1. The van der Waals surface area contributed by atoms with Crippen LogP contribution in [0.1, 0.15) is 53.5 Å². The molecule has 0 bridgehead atoms. The van der Waals surface area contributed by atoms with E-state index < -0.39 is 0 Å². The molecule has 140 valence electrons. The first kappa shape index (κ1) is 18.7. The number of aromatic nitrogens is 1. The largest absolute Gasteiger partial charge is 0.349 e. The number of para-hydroxylation sites is 1. The monoisotopic (exact) mass is 353 g/mol. The molecule has 1 aliphatic heterocycles. The van der Waals surface area contributed by atoms with Crippen LogP contribution in [0.2, 0.25) is 0 Å². The Hall–Kier alpha value is -2.07. The van der Waals surface area contributed by atoms with Gasteiger partial charge < -0.3 is 14.8 Å². The van der Waals surface area contributed by atoms with Crippen LogP contribution in [0.25, 0.3) is 5.69 Å². The molecular weight excluding hydrogens is 322 g/mol. The lowest BCUT2D eigenvalue weighted by atomic mass is 10.0. The minimum atomic E-state index is 0.0619. The summed E-state index contributed by atoms with van der Waals surface area (Å²) in [6.45, 7) is 11.8. The van der Waals surface area contributed by atoms with Crippen LogP contribution in [0.3, 0.4) is 0 Å². The van der Waals surface area contributed by atoms with Crippen molar-refractivity contribution in [2.24, 2.45) is 0 Å². The maximum atomic E-state index is 12.9. The first-order valence-electron chi connectivity index (χ1n) is 9.79. The van der Waals surface area contributed by atoms with Crippen molar-refractivity contribution in [3.05, 3.63) is 52.8 Å². The quantitative estimate of drug-likeness (QED) is 0.882. The van der Waals surface area contributed by atoms with Crippen LogP contribution in [-0.4, -0.2) is 41.1 Å². The predicted molar refractivity (Wildman–Crippen MR) is 107 cm³/mol. The summed E-state index contributed by atoms with van der Waals surface area (Å²) in [4.78, 5) is 15.4. The molecule has 1 amide bonds. The van der Waals surface area contributed by atoms with Gasteiger partial charge in [0.2, 0.25) is 0 Å². The van der Waals surface area contributed by atoms with E-state index in [1.807, 2.05) is 25.1 Å². The molecule has 0 unspecified atom stereocenters. The van der Waals surface area contributed by atoms with Crippen molar-refractivity contribution in [1.82, 2.24) is 14.8 Å². The molecule has 0 aliphatic carbocycles. The molecule has 4 nitrogen and oxygen atoms in total. The zero-order chi connectivity index (χ0) is 18.7. The van der Waals surface area contributed by atoms with Gasteiger partial charge in [-0.15, -0.1) is 0 Å². The molecule has 2 heterocycles. The summed E-state index contributed by atoms with van der Waals surface area (Å²) in [6, 6.07) is 10.6. The van der Waals surface area contributed by atoms with E-state index in [-0.39, 0.29) is 11.9 Å². The normalized spacial score (nSPS) is 16.0. The van der Waals surface area contributed by atoms with Gasteiger partial charge >= 0.3 is 0 Å². The van der Waals surface area contributed by atoms with Crippen molar-refractivity contribution in [1.29, 1.82) is 0 Å². The van der Waals surface area contributed by atoms with Crippen LogP contribution >= 0.6 is 0 Å². The maximum absolute atomic E-state index is 12.9. The highest BCUT2D eigenvalue weighted by molar-refractivity contribution is 5.96. The van der Waals surface area contributed by atoms with Gasteiger partial charge in [0.25, 0.3) is 5.91 Å². The van der Waals surface area contributed by atoms with Crippen molar-refractivity contribution in [3.8, 4) is 5.69 Å². The molecule has 0 spiro atoms. The van der Waals surface area contributed by atoms with Crippen molar-refractivity contribution in [2.45, 2.75) is 53.0 Å². The first-order valence-corrected chi connectivity index (χ1v) is 9.79. The fourth-order valence-corrected chi connectivity index (χ4v) is 4.06. The van der Waals surface area contributed by atoms with Gasteiger partial charge in [-0.25, -0.2) is 0 Å². The number of hydrogen-bond donors (Lipinski definition) is 1. The second-order valence-electron chi connectivity index (χ2n) is 7.50. The molecule has 1 aromatic heterocycles. The molecular formula is C22H31N3O. The van der Waals surface area contributed by atoms with Crippen molar-refractivity contribution >= 4 is 5.91 Å². The zero-order valence-corrected chi connectivity index (χ0v) is 16.5. The van der Waals surface area contributed by atoms with E-state index in [0.717, 1.165) is 55.1 Å². The second-order valence-corrected chi connectivity index (χ2v) is 7.50. The molecule has 1 aliphatic rings. The molecule has 0 saturated carbocycles. The lowest BCUT2D eigenvalue weighted by Crippen LogP contribution is -2.44. The molecule has 26 heavy (non-hydrogen) atoms. The van der Waals surface area contributed by atoms with Crippen molar-refractivity contribution in [3.63, 3.8) is 0 Å². The van der Waals surface area contributed by atoms with Gasteiger partial charge in [-0.3, -0.25) is 4.79 Å². The number of carbonyl (C=O) groups is 1. The highest BCUT2D eigenvalue weighted by Gasteiger charge is 2.23. The molecule has 3 rings (SSSR count). The fourth-order valence-electron chi connectivity index (χ4n) is 4.06. The van der Waals surface area contributed by atoms with Gasteiger partial charge in [-0.2, -0.15) is 0 Å². The highest BCUT2D eigenvalue weighted by Crippen LogP contribution is 2.23. The minimum Gasteiger partial charge on any atom is -0.349 e. The number of nitrogens with zero attached hydrogens (tertiary/aromatic N) is 2. The number of nitrogens with one attached hydrogen (secondary N) is 1. The smallest absolute Gasteiger partial charge is 0.253 e. The summed E-state index contributed by atoms with van der Waals surface area (Å²) in [5, 5.41) is 3.27. The van der Waals surface area contributed by atoms with Crippen LogP contribution in [0.5, 0.6) is 0 Å². The van der Waals surface area contributed by atoms with Crippen LogP contribution in [0.4, 0.5) is 0 Å². The molecule has 1 N–H and O–H groups in total. The Labute approximate surface area is 157 Å². The maximum Gasteiger partial charge on any atom is 0.253 e. The van der Waals surface area contributed by atoms with E-state index in [2.05, 4.69) is 47.7 Å². The number of hydrogen-bond acceptors (Lipinski definition) is 2. The van der Waals surface area contributed by atoms with Crippen LogP contribution in [-0.2, 0) is 0 Å². The highest BCUT2D eigenvalue weighted by atomic mass is 16.1. The first-order chi connectivity index (χ1) is 12.5. The summed E-state index contributed by atoms with van der Waals surface area (Å²) in [5.41, 5.74) is 5.26. The number of rotatable bonds is 5. The van der Waals surface area contributed by atoms with Crippen LogP contribution in [0.15, 0.2) is 30.3 Å². The Balaban J connectivity index is 1.73. The lowest BCUT2D eigenvalue weighted by molar-refractivity contribution is 0.0910. The van der Waals surface area contributed by atoms with E-state index >= 15 is 0 Å². The topological polar surface area (TPSA) is 37.3 Å². The van der Waals surface area contributed by atoms with E-state index in [1.54, 1.807) is 0 Å². The average molecular weight is 354 g/mol. The number of aryl methyl sites for hydroxylation is 2. The molecule has 0 atom stereocenters. The van der Waals surface area contributed by atoms with Crippen LogP contribution in [0, 0.1) is 20.8 Å². The molecule has 4 heteroatoms. The van der Waals surface area contributed by atoms with Gasteiger partial charge in [-0.1, -0.05) is 25.1 Å². The molecule has 2 aromatic rings. The van der Waals surface area contributed by atoms with E-state index in [4.69, 9.17) is 0 Å². The fraction of sp³-hybridized carbons (Fsp3) is 0.500. The third-order valence-electron chi connectivity index (χ3n) is 5.49. The van der Waals surface area contributed by atoms with E-state index in [9.17, 15) is 4.79 Å². The summed E-state index contributed by atoms with van der Waals surface area (Å²) in [6.07, 6.45) is 3.28. The SMILES string of the molecule is CCCN1CCC(NC(=O)c2cc(C)n(-c3ccccc3C)c2C)CC1. The van der Waals surface area contributed by atoms with E-state index in [0.29, 0.717) is 0 Å². The minimum absolute atomic E-state index is 0.0619. The lowest BCUT2D eigenvalue weighted by Gasteiger charge is -2.32. The van der Waals surface area contributed by atoms with Crippen LogP contribution < -0.4 is 5.32 Å². The second kappa shape index (κ2) is 8.09. The van der Waals surface area contributed by atoms with Gasteiger partial charge in [0.1, 0.15) is 0 Å². The molecule has 1 saturated heterocycles. The number of likely N-dealkylation sites (tertiary alicyclic amines) is 1. The third-order valence-corrected chi connectivity index (χ3v) is 5.49. The predicted octanol–water partition coefficient (Wildman–Crippen LogP) is 4.01. The summed E-state index contributed by atoms with van der Waals surface area (Å²) in [5.74, 6) is 0.0619. The standard InChI is InChI=1S/C22H31N3O/c1-5-12-24-13-10-19(11-14-24)23-22(26)20-15-17(3)25(18(20)4)21-9-7-6-8-16(21)2/h6-9,15,19H,5,10-14H2,1-4H3,(H,23,26). The number of amides is 1. The summed E-state index contributed by atoms with van der Waals surface area (Å²) in [7, 11) is 0. The van der Waals surface area contributed by atoms with Crippen molar-refractivity contribution in [2.75, 3.05) is 19.6 Å². The molecule has 1 aromatic carbocycles. The van der Waals surface area contributed by atoms with E-state index in [1.165, 1.54) is 12.0 Å². The Morgan fingerprint density at radius 2 is 1.85 bits per heavy atom. The Morgan fingerprint density at radius 1 is 1.15 bits per heavy atom. The average Bonchev–Trinajstić information content (AvgIpc) is 2.92. The molecule has 1 fully saturated rings. The van der Waals surface area contributed by atoms with Gasteiger partial charge in [0.15, 0.2) is 0 Å². The van der Waals surface area contributed by atoms with Gasteiger partial charge in [-0.05, 0) is 64.3 Å². The third kappa shape index (κ3) is 3.85. The summed E-state index contributed by atoms with van der Waals surface area (Å²) >= 11 is 0. The Kier molecular flexibility index (Phi) is 5.82. The van der Waals surface area contributed by atoms with Gasteiger partial charge in [0.05, 0.1) is 5.56 Å². The number of carbonyl (C=O) groups excluding carboxylic acids is 1. The van der Waals surface area contributed by atoms with Gasteiger partial charge in [0, 0.05) is 36.2 Å².